The van der Waals surface area contributed by atoms with E-state index in [1.165, 1.54) is 0 Å². The van der Waals surface area contributed by atoms with Crippen LogP contribution in [0.3, 0.4) is 0 Å². The fourth-order valence-electron chi connectivity index (χ4n) is 1.45. The van der Waals surface area contributed by atoms with Crippen molar-refractivity contribution in [3.05, 3.63) is 45.5 Å². The van der Waals surface area contributed by atoms with Crippen LogP contribution in [0.5, 0.6) is 0 Å². The summed E-state index contributed by atoms with van der Waals surface area (Å²) < 4.78 is 0. The summed E-state index contributed by atoms with van der Waals surface area (Å²) in [6.45, 7) is 5.83. The van der Waals surface area contributed by atoms with Gasteiger partial charge in [-0.2, -0.15) is 0 Å². The first-order valence-corrected chi connectivity index (χ1v) is 5.21. The molecule has 88 valence electrons. The molecule has 0 aliphatic rings. The smallest absolute Gasteiger partial charge is 0.233 e. The predicted octanol–water partition coefficient (Wildman–Crippen LogP) is 2.29. The highest BCUT2D eigenvalue weighted by atomic mass is 16.6. The Morgan fingerprint density at radius 3 is 2.19 bits per heavy atom. The van der Waals surface area contributed by atoms with E-state index in [0.717, 1.165) is 5.56 Å². The molecule has 0 spiro atoms. The number of nitrogens with zero attached hydrogens (tertiary/aromatic N) is 1. The van der Waals surface area contributed by atoms with Crippen molar-refractivity contribution in [2.24, 2.45) is 0 Å². The lowest BCUT2D eigenvalue weighted by Crippen LogP contribution is -2.13. The molecule has 1 rings (SSSR count). The van der Waals surface area contributed by atoms with Gasteiger partial charge in [-0.15, -0.1) is 0 Å². The average molecular weight is 223 g/mol. The van der Waals surface area contributed by atoms with E-state index < -0.39 is 17.6 Å². The second-order valence-corrected chi connectivity index (χ2v) is 4.90. The molecular formula is C12H17NO3. The van der Waals surface area contributed by atoms with Crippen LogP contribution in [0.2, 0.25) is 0 Å². The largest absolute Gasteiger partial charge is 0.382 e. The van der Waals surface area contributed by atoms with Crippen LogP contribution in [-0.2, 0) is 5.41 Å². The van der Waals surface area contributed by atoms with Crippen molar-refractivity contribution in [2.75, 3.05) is 6.54 Å². The summed E-state index contributed by atoms with van der Waals surface area (Å²) in [5, 5.41) is 19.8. The summed E-state index contributed by atoms with van der Waals surface area (Å²) in [6.07, 6.45) is -1.02. The molecular weight excluding hydrogens is 206 g/mol. The standard InChI is InChI=1S/C12H17NO3/c1-12(2,3)10-6-4-9(5-7-10)11(14)8-13(15)16/h4-7,11,14H,8H2,1-3H3/t11-/m1/s1. The first kappa shape index (κ1) is 12.6. The molecule has 0 saturated carbocycles. The molecule has 0 aliphatic heterocycles. The fourth-order valence-corrected chi connectivity index (χ4v) is 1.45. The van der Waals surface area contributed by atoms with Gasteiger partial charge in [-0.05, 0) is 16.5 Å². The number of aliphatic hydroxyl groups excluding tert-OH is 1. The first-order valence-electron chi connectivity index (χ1n) is 5.21. The molecule has 1 aromatic rings. The summed E-state index contributed by atoms with van der Waals surface area (Å²) in [6, 6.07) is 7.29. The van der Waals surface area contributed by atoms with Crippen molar-refractivity contribution in [1.82, 2.24) is 0 Å². The van der Waals surface area contributed by atoms with Gasteiger partial charge in [0, 0.05) is 4.92 Å². The minimum Gasteiger partial charge on any atom is -0.382 e. The van der Waals surface area contributed by atoms with E-state index in [-0.39, 0.29) is 5.41 Å². The number of nitro groups is 1. The lowest BCUT2D eigenvalue weighted by atomic mass is 9.86. The second-order valence-electron chi connectivity index (χ2n) is 4.90. The molecule has 0 amide bonds. The van der Waals surface area contributed by atoms with E-state index in [1.807, 2.05) is 12.1 Å². The maximum Gasteiger partial charge on any atom is 0.233 e. The van der Waals surface area contributed by atoms with Gasteiger partial charge in [0.05, 0.1) is 0 Å². The lowest BCUT2D eigenvalue weighted by molar-refractivity contribution is -0.491. The van der Waals surface area contributed by atoms with Crippen LogP contribution in [0.1, 0.15) is 38.0 Å². The van der Waals surface area contributed by atoms with Crippen molar-refractivity contribution >= 4 is 0 Å². The minimum absolute atomic E-state index is 0.0482. The molecule has 0 heterocycles. The molecule has 1 N–H and O–H groups in total. The van der Waals surface area contributed by atoms with Crippen molar-refractivity contribution in [1.29, 1.82) is 0 Å². The summed E-state index contributed by atoms with van der Waals surface area (Å²) in [4.78, 5) is 9.74. The molecule has 1 aromatic carbocycles. The normalized spacial score (nSPS) is 13.5. The molecule has 1 atom stereocenters. The third kappa shape index (κ3) is 3.31. The molecule has 0 radical (unpaired) electrons. The highest BCUT2D eigenvalue weighted by Crippen LogP contribution is 2.23. The molecule has 0 bridgehead atoms. The minimum atomic E-state index is -1.02. The maximum atomic E-state index is 10.3. The summed E-state index contributed by atoms with van der Waals surface area (Å²) in [5.74, 6) is 0. The monoisotopic (exact) mass is 223 g/mol. The molecule has 0 aromatic heterocycles. The summed E-state index contributed by atoms with van der Waals surface area (Å²) in [5.41, 5.74) is 1.78. The van der Waals surface area contributed by atoms with Gasteiger partial charge in [0.15, 0.2) is 0 Å². The van der Waals surface area contributed by atoms with E-state index >= 15 is 0 Å². The highest BCUT2D eigenvalue weighted by molar-refractivity contribution is 5.28. The van der Waals surface area contributed by atoms with Crippen molar-refractivity contribution in [3.8, 4) is 0 Å². The summed E-state index contributed by atoms with van der Waals surface area (Å²) >= 11 is 0. The Labute approximate surface area is 95.1 Å². The number of rotatable bonds is 3. The van der Waals surface area contributed by atoms with E-state index in [9.17, 15) is 15.2 Å². The Bertz CT molecular complexity index is 365. The molecule has 0 saturated heterocycles. The zero-order chi connectivity index (χ0) is 12.3. The van der Waals surface area contributed by atoms with Crippen molar-refractivity contribution < 1.29 is 10.0 Å². The third-order valence-electron chi connectivity index (χ3n) is 2.48. The van der Waals surface area contributed by atoms with Gasteiger partial charge >= 0.3 is 0 Å². The second kappa shape index (κ2) is 4.61. The Kier molecular flexibility index (Phi) is 3.65. The third-order valence-corrected chi connectivity index (χ3v) is 2.48. The van der Waals surface area contributed by atoms with E-state index in [2.05, 4.69) is 20.8 Å². The highest BCUT2D eigenvalue weighted by Gasteiger charge is 2.16. The molecule has 4 nitrogen and oxygen atoms in total. The number of hydrogen-bond donors (Lipinski definition) is 1. The van der Waals surface area contributed by atoms with Crippen LogP contribution in [0.15, 0.2) is 24.3 Å². The molecule has 0 aliphatic carbocycles. The van der Waals surface area contributed by atoms with Crippen LogP contribution >= 0.6 is 0 Å². The SMILES string of the molecule is CC(C)(C)c1ccc([C@H](O)C[N+](=O)[O-])cc1. The van der Waals surface area contributed by atoms with Crippen LogP contribution in [0.4, 0.5) is 0 Å². The van der Waals surface area contributed by atoms with Gasteiger partial charge < -0.3 is 5.11 Å². The maximum absolute atomic E-state index is 10.3. The topological polar surface area (TPSA) is 63.4 Å². The molecule has 4 heteroatoms. The van der Waals surface area contributed by atoms with Crippen molar-refractivity contribution in [2.45, 2.75) is 32.3 Å². The first-order chi connectivity index (χ1) is 7.30. The number of benzene rings is 1. The molecule has 16 heavy (non-hydrogen) atoms. The van der Waals surface area contributed by atoms with Crippen LogP contribution < -0.4 is 0 Å². The van der Waals surface area contributed by atoms with E-state index in [4.69, 9.17) is 0 Å². The van der Waals surface area contributed by atoms with Gasteiger partial charge in [0.2, 0.25) is 6.54 Å². The van der Waals surface area contributed by atoms with Gasteiger partial charge in [-0.1, -0.05) is 45.0 Å². The molecule has 0 fully saturated rings. The number of aliphatic hydroxyl groups is 1. The Balaban J connectivity index is 2.83. The van der Waals surface area contributed by atoms with Crippen LogP contribution in [0, 0.1) is 10.1 Å². The van der Waals surface area contributed by atoms with Crippen LogP contribution in [-0.4, -0.2) is 16.6 Å². The molecule has 0 unspecified atom stereocenters. The van der Waals surface area contributed by atoms with Gasteiger partial charge in [-0.25, -0.2) is 0 Å². The van der Waals surface area contributed by atoms with Crippen LogP contribution in [0.25, 0.3) is 0 Å². The lowest BCUT2D eigenvalue weighted by Gasteiger charge is -2.19. The van der Waals surface area contributed by atoms with Gasteiger partial charge in [-0.3, -0.25) is 10.1 Å². The fraction of sp³-hybridized carbons (Fsp3) is 0.500. The van der Waals surface area contributed by atoms with Crippen molar-refractivity contribution in [3.63, 3.8) is 0 Å². The number of hydrogen-bond acceptors (Lipinski definition) is 3. The van der Waals surface area contributed by atoms with Gasteiger partial charge in [0.1, 0.15) is 6.10 Å². The van der Waals surface area contributed by atoms with E-state index in [1.54, 1.807) is 12.1 Å². The zero-order valence-electron chi connectivity index (χ0n) is 9.80. The predicted molar refractivity (Wildman–Crippen MR) is 62.0 cm³/mol. The zero-order valence-corrected chi connectivity index (χ0v) is 9.80. The Morgan fingerprint density at radius 2 is 1.81 bits per heavy atom. The summed E-state index contributed by atoms with van der Waals surface area (Å²) in [7, 11) is 0. The Hall–Kier alpha value is -1.42. The van der Waals surface area contributed by atoms with E-state index in [0.29, 0.717) is 5.56 Å². The van der Waals surface area contributed by atoms with Gasteiger partial charge in [0.25, 0.3) is 0 Å². The Morgan fingerprint density at radius 1 is 1.31 bits per heavy atom. The quantitative estimate of drug-likeness (QED) is 0.631. The average Bonchev–Trinajstić information content (AvgIpc) is 2.15.